The van der Waals surface area contributed by atoms with Crippen molar-refractivity contribution in [1.82, 2.24) is 14.9 Å². The molecule has 0 amide bonds. The highest BCUT2D eigenvalue weighted by atomic mass is 127. The fourth-order valence-corrected chi connectivity index (χ4v) is 2.02. The fraction of sp³-hybridized carbons (Fsp3) is 0.750. The Bertz CT molecular complexity index is 385. The molecule has 0 aliphatic heterocycles. The minimum atomic E-state index is -3.09. The van der Waals surface area contributed by atoms with Crippen LogP contribution >= 0.6 is 24.0 Å². The molecule has 0 spiro atoms. The Balaban J connectivity index is 0. The van der Waals surface area contributed by atoms with Crippen molar-refractivity contribution in [3.63, 3.8) is 0 Å². The van der Waals surface area contributed by atoms with Gasteiger partial charge in [-0.3, -0.25) is 4.99 Å². The molecule has 0 bridgehead atoms. The van der Waals surface area contributed by atoms with E-state index in [-0.39, 0.29) is 24.0 Å². The summed E-state index contributed by atoms with van der Waals surface area (Å²) >= 11 is 0. The van der Waals surface area contributed by atoms with Gasteiger partial charge in [0.05, 0.1) is 6.26 Å². The van der Waals surface area contributed by atoms with Gasteiger partial charge in [-0.25, -0.2) is 13.1 Å². The fourth-order valence-electron chi connectivity index (χ4n) is 1.51. The highest BCUT2D eigenvalue weighted by Gasteiger charge is 2.04. The number of guanidine groups is 1. The SMILES string of the molecule is C=CCCCN(C)C(=NC)NCCCNS(C)(=O)=O.I. The first-order valence-corrected chi connectivity index (χ1v) is 8.27. The van der Waals surface area contributed by atoms with Crippen LogP contribution in [0.25, 0.3) is 0 Å². The van der Waals surface area contributed by atoms with Crippen LogP contribution in [0.15, 0.2) is 17.6 Å². The van der Waals surface area contributed by atoms with Crippen molar-refractivity contribution >= 4 is 40.0 Å². The maximum absolute atomic E-state index is 10.9. The summed E-state index contributed by atoms with van der Waals surface area (Å²) in [6.07, 6.45) is 5.80. The lowest BCUT2D eigenvalue weighted by Gasteiger charge is -2.21. The number of nitrogens with one attached hydrogen (secondary N) is 2. The van der Waals surface area contributed by atoms with Crippen LogP contribution in [0.4, 0.5) is 0 Å². The average Bonchev–Trinajstić information content (AvgIpc) is 2.32. The van der Waals surface area contributed by atoms with E-state index in [0.717, 1.165) is 31.6 Å². The minimum Gasteiger partial charge on any atom is -0.356 e. The predicted octanol–water partition coefficient (Wildman–Crippen LogP) is 1.02. The van der Waals surface area contributed by atoms with Gasteiger partial charge in [0, 0.05) is 33.7 Å². The lowest BCUT2D eigenvalue weighted by Crippen LogP contribution is -2.40. The van der Waals surface area contributed by atoms with Crippen LogP contribution in [0.2, 0.25) is 0 Å². The molecule has 6 nitrogen and oxygen atoms in total. The van der Waals surface area contributed by atoms with E-state index in [0.29, 0.717) is 19.5 Å². The molecule has 0 unspecified atom stereocenters. The predicted molar refractivity (Wildman–Crippen MR) is 96.3 cm³/mol. The average molecular weight is 418 g/mol. The molecule has 0 saturated heterocycles. The molecule has 0 aliphatic rings. The van der Waals surface area contributed by atoms with Gasteiger partial charge in [-0.05, 0) is 19.3 Å². The van der Waals surface area contributed by atoms with Gasteiger partial charge in [0.25, 0.3) is 0 Å². The van der Waals surface area contributed by atoms with Gasteiger partial charge in [0.2, 0.25) is 10.0 Å². The van der Waals surface area contributed by atoms with Gasteiger partial charge >= 0.3 is 0 Å². The Morgan fingerprint density at radius 1 is 1.35 bits per heavy atom. The van der Waals surface area contributed by atoms with Crippen LogP contribution in [0.3, 0.4) is 0 Å². The van der Waals surface area contributed by atoms with Crippen molar-refractivity contribution in [1.29, 1.82) is 0 Å². The first-order valence-electron chi connectivity index (χ1n) is 6.38. The molecule has 0 aromatic heterocycles. The third kappa shape index (κ3) is 12.7. The van der Waals surface area contributed by atoms with E-state index in [9.17, 15) is 8.42 Å². The van der Waals surface area contributed by atoms with Gasteiger partial charge in [0.1, 0.15) is 0 Å². The summed E-state index contributed by atoms with van der Waals surface area (Å²) in [4.78, 5) is 6.23. The highest BCUT2D eigenvalue weighted by molar-refractivity contribution is 14.0. The van der Waals surface area contributed by atoms with Gasteiger partial charge in [-0.15, -0.1) is 30.6 Å². The van der Waals surface area contributed by atoms with Gasteiger partial charge in [-0.2, -0.15) is 0 Å². The Morgan fingerprint density at radius 2 is 2.00 bits per heavy atom. The van der Waals surface area contributed by atoms with E-state index in [1.54, 1.807) is 7.05 Å². The van der Waals surface area contributed by atoms with E-state index < -0.39 is 10.0 Å². The summed E-state index contributed by atoms with van der Waals surface area (Å²) in [5, 5.41) is 3.20. The van der Waals surface area contributed by atoms with E-state index in [4.69, 9.17) is 0 Å². The zero-order valence-corrected chi connectivity index (χ0v) is 15.7. The summed E-state index contributed by atoms with van der Waals surface area (Å²) in [6.45, 7) is 5.72. The smallest absolute Gasteiger partial charge is 0.208 e. The first kappa shape index (κ1) is 21.9. The number of allylic oxidation sites excluding steroid dienone is 1. The zero-order chi connectivity index (χ0) is 14.7. The normalized spacial score (nSPS) is 11.7. The highest BCUT2D eigenvalue weighted by Crippen LogP contribution is 1.94. The van der Waals surface area contributed by atoms with Gasteiger partial charge < -0.3 is 10.2 Å². The molecule has 0 heterocycles. The molecule has 0 radical (unpaired) electrons. The molecule has 0 aliphatic carbocycles. The van der Waals surface area contributed by atoms with Crippen molar-refractivity contribution in [3.8, 4) is 0 Å². The number of hydrogen-bond donors (Lipinski definition) is 2. The molecule has 8 heteroatoms. The standard InChI is InChI=1S/C12H26N4O2S.HI/c1-5-6-7-11-16(3)12(13-2)14-9-8-10-15-19(4,17)18;/h5,15H,1,6-11H2,2-4H3,(H,13,14);1H. The van der Waals surface area contributed by atoms with Crippen molar-refractivity contribution in [2.75, 3.05) is 40.0 Å². The molecule has 0 aromatic rings. The summed E-state index contributed by atoms with van der Waals surface area (Å²) in [5.41, 5.74) is 0. The second-order valence-corrected chi connectivity index (χ2v) is 6.18. The molecule has 0 saturated carbocycles. The molecule has 0 aromatic carbocycles. The number of aliphatic imine (C=N–C) groups is 1. The number of hydrogen-bond acceptors (Lipinski definition) is 3. The lowest BCUT2D eigenvalue weighted by atomic mass is 10.3. The van der Waals surface area contributed by atoms with E-state index in [1.807, 2.05) is 18.0 Å². The monoisotopic (exact) mass is 418 g/mol. The summed E-state index contributed by atoms with van der Waals surface area (Å²) < 4.78 is 24.2. The Labute approximate surface area is 140 Å². The number of sulfonamides is 1. The van der Waals surface area contributed by atoms with E-state index >= 15 is 0 Å². The molecular formula is C12H27IN4O2S. The van der Waals surface area contributed by atoms with Crippen LogP contribution in [-0.2, 0) is 10.0 Å². The third-order valence-corrected chi connectivity index (χ3v) is 3.20. The lowest BCUT2D eigenvalue weighted by molar-refractivity contribution is 0.469. The maximum Gasteiger partial charge on any atom is 0.208 e. The van der Waals surface area contributed by atoms with Gasteiger partial charge in [0.15, 0.2) is 5.96 Å². The van der Waals surface area contributed by atoms with Crippen molar-refractivity contribution in [3.05, 3.63) is 12.7 Å². The second-order valence-electron chi connectivity index (χ2n) is 4.35. The molecular weight excluding hydrogens is 391 g/mol. The van der Waals surface area contributed by atoms with Crippen LogP contribution in [0, 0.1) is 0 Å². The third-order valence-electron chi connectivity index (χ3n) is 2.48. The molecule has 0 atom stereocenters. The van der Waals surface area contributed by atoms with Crippen molar-refractivity contribution in [2.45, 2.75) is 19.3 Å². The first-order chi connectivity index (χ1) is 8.90. The molecule has 2 N–H and O–H groups in total. The summed E-state index contributed by atoms with van der Waals surface area (Å²) in [6, 6.07) is 0. The van der Waals surface area contributed by atoms with Gasteiger partial charge in [-0.1, -0.05) is 6.08 Å². The van der Waals surface area contributed by atoms with E-state index in [2.05, 4.69) is 21.6 Å². The minimum absolute atomic E-state index is 0. The number of unbranched alkanes of at least 4 members (excludes halogenated alkanes) is 1. The Kier molecular flexibility index (Phi) is 13.6. The quantitative estimate of drug-likeness (QED) is 0.193. The second kappa shape index (κ2) is 12.4. The molecule has 0 fully saturated rings. The zero-order valence-electron chi connectivity index (χ0n) is 12.6. The van der Waals surface area contributed by atoms with E-state index in [1.165, 1.54) is 0 Å². The topological polar surface area (TPSA) is 73.8 Å². The summed E-state index contributed by atoms with van der Waals surface area (Å²) in [7, 11) is 0.627. The largest absolute Gasteiger partial charge is 0.356 e. The summed E-state index contributed by atoms with van der Waals surface area (Å²) in [5.74, 6) is 0.823. The molecule has 20 heavy (non-hydrogen) atoms. The number of nitrogens with zero attached hydrogens (tertiary/aromatic N) is 2. The van der Waals surface area contributed by atoms with Crippen LogP contribution in [0.1, 0.15) is 19.3 Å². The van der Waals surface area contributed by atoms with Crippen LogP contribution in [-0.4, -0.2) is 59.3 Å². The van der Waals surface area contributed by atoms with Crippen molar-refractivity contribution in [2.24, 2.45) is 4.99 Å². The molecule has 120 valence electrons. The number of rotatable bonds is 9. The van der Waals surface area contributed by atoms with Crippen LogP contribution < -0.4 is 10.0 Å². The Hall–Kier alpha value is -0.350. The van der Waals surface area contributed by atoms with Crippen molar-refractivity contribution < 1.29 is 8.42 Å². The van der Waals surface area contributed by atoms with Crippen LogP contribution in [0.5, 0.6) is 0 Å². The maximum atomic E-state index is 10.9. The Morgan fingerprint density at radius 3 is 2.50 bits per heavy atom. The molecule has 0 rings (SSSR count). The number of halogens is 1.